The van der Waals surface area contributed by atoms with Crippen molar-refractivity contribution < 1.29 is 39.3 Å². The number of rotatable bonds is 19. The molecule has 2 aromatic rings. The van der Waals surface area contributed by atoms with E-state index < -0.39 is 53.7 Å². The van der Waals surface area contributed by atoms with Gasteiger partial charge in [0, 0.05) is 30.3 Å². The van der Waals surface area contributed by atoms with Crippen LogP contribution >= 0.6 is 11.8 Å². The van der Waals surface area contributed by atoms with Crippen molar-refractivity contribution in [1.82, 2.24) is 10.6 Å². The van der Waals surface area contributed by atoms with Gasteiger partial charge < -0.3 is 31.7 Å². The Balaban J connectivity index is 2.09. The Morgan fingerprint density at radius 2 is 1.49 bits per heavy atom. The minimum absolute atomic E-state index is 0.0264. The summed E-state index contributed by atoms with van der Waals surface area (Å²) in [6, 6.07) is 16.0. The third-order valence-electron chi connectivity index (χ3n) is 6.28. The van der Waals surface area contributed by atoms with E-state index in [0.717, 1.165) is 5.56 Å². The van der Waals surface area contributed by atoms with Crippen LogP contribution in [-0.2, 0) is 30.4 Å². The van der Waals surface area contributed by atoms with Crippen molar-refractivity contribution >= 4 is 41.3 Å². The third kappa shape index (κ3) is 13.0. The number of hydrogen-bond acceptors (Lipinski definition) is 8. The molecule has 2 rings (SSSR count). The quantitative estimate of drug-likeness (QED) is 0.141. The Labute approximate surface area is 242 Å². The Morgan fingerprint density at radius 1 is 0.854 bits per heavy atom. The summed E-state index contributed by atoms with van der Waals surface area (Å²) in [6.07, 6.45) is 0.0587. The van der Waals surface area contributed by atoms with Crippen molar-refractivity contribution in [2.75, 3.05) is 12.3 Å². The summed E-state index contributed by atoms with van der Waals surface area (Å²) in [4.78, 5) is 59.8. The monoisotopic (exact) mass is 587 g/mol. The highest BCUT2D eigenvalue weighted by Gasteiger charge is 2.28. The van der Waals surface area contributed by atoms with Crippen molar-refractivity contribution in [3.8, 4) is 0 Å². The van der Waals surface area contributed by atoms with Gasteiger partial charge in [0.25, 0.3) is 0 Å². The number of aliphatic carboxylic acids is 2. The van der Waals surface area contributed by atoms with Crippen molar-refractivity contribution in [1.29, 1.82) is 0 Å². The lowest BCUT2D eigenvalue weighted by molar-refractivity contribution is -0.139. The number of carboxylic acid groups (broad SMARTS) is 2. The fraction of sp³-hybridized carbons (Fsp3) is 0.414. The van der Waals surface area contributed by atoms with Gasteiger partial charge in [-0.15, -0.1) is 0 Å². The number of amides is 2. The predicted molar refractivity (Wildman–Crippen MR) is 154 cm³/mol. The van der Waals surface area contributed by atoms with Crippen LogP contribution in [0, 0.1) is 0 Å². The minimum atomic E-state index is -1.27. The van der Waals surface area contributed by atoms with Crippen LogP contribution in [0.25, 0.3) is 0 Å². The zero-order chi connectivity index (χ0) is 30.2. The number of aliphatic hydroxyl groups is 1. The highest BCUT2D eigenvalue weighted by Crippen LogP contribution is 2.31. The molecule has 12 heteroatoms. The van der Waals surface area contributed by atoms with Crippen LogP contribution in [-0.4, -0.2) is 74.5 Å². The molecular weight excluding hydrogens is 550 g/mol. The van der Waals surface area contributed by atoms with Gasteiger partial charge in [-0.05, 0) is 30.4 Å². The topological polar surface area (TPSA) is 196 Å². The Morgan fingerprint density at radius 3 is 2.10 bits per heavy atom. The summed E-state index contributed by atoms with van der Waals surface area (Å²) in [7, 11) is 0. The molecule has 2 aromatic carbocycles. The van der Waals surface area contributed by atoms with E-state index in [1.165, 1.54) is 11.8 Å². The number of benzene rings is 2. The molecule has 0 spiro atoms. The van der Waals surface area contributed by atoms with Crippen LogP contribution in [0.4, 0.5) is 0 Å². The van der Waals surface area contributed by atoms with Gasteiger partial charge in [0.05, 0.1) is 6.10 Å². The largest absolute Gasteiger partial charge is 0.480 e. The molecule has 2 amide bonds. The number of aliphatic hydroxyl groups excluding tert-OH is 1. The van der Waals surface area contributed by atoms with E-state index in [4.69, 9.17) is 15.9 Å². The highest BCUT2D eigenvalue weighted by molar-refractivity contribution is 8.00. The number of carbonyl (C=O) groups excluding carboxylic acids is 3. The van der Waals surface area contributed by atoms with Crippen LogP contribution in [0.1, 0.15) is 49.3 Å². The first-order valence-electron chi connectivity index (χ1n) is 13.2. The number of thioether (sulfide) groups is 1. The first-order chi connectivity index (χ1) is 19.6. The molecular formula is C29H37N3O8S. The van der Waals surface area contributed by atoms with Gasteiger partial charge in [-0.3, -0.25) is 24.0 Å². The molecule has 0 aromatic heterocycles. The van der Waals surface area contributed by atoms with E-state index in [0.29, 0.717) is 24.8 Å². The predicted octanol–water partition coefficient (Wildman–Crippen LogP) is 1.68. The number of Topliss-reactive ketones (excluding diaryl/α,β-unsaturated/α-hetero) is 1. The number of aryl methyl sites for hydroxylation is 1. The van der Waals surface area contributed by atoms with Gasteiger partial charge in [-0.2, -0.15) is 11.8 Å². The number of carboxylic acids is 2. The number of hydrogen-bond donors (Lipinski definition) is 6. The summed E-state index contributed by atoms with van der Waals surface area (Å²) in [5, 5.41) is 33.2. The van der Waals surface area contributed by atoms with Gasteiger partial charge in [-0.25, -0.2) is 0 Å². The number of nitrogens with one attached hydrogen (secondary N) is 2. The molecule has 222 valence electrons. The zero-order valence-electron chi connectivity index (χ0n) is 22.6. The van der Waals surface area contributed by atoms with Crippen LogP contribution in [0.3, 0.4) is 0 Å². The van der Waals surface area contributed by atoms with Crippen LogP contribution < -0.4 is 16.4 Å². The molecule has 0 saturated heterocycles. The summed E-state index contributed by atoms with van der Waals surface area (Å²) in [5.74, 6) is -3.92. The van der Waals surface area contributed by atoms with Gasteiger partial charge in [0.15, 0.2) is 0 Å². The molecule has 0 aliphatic rings. The lowest BCUT2D eigenvalue weighted by Gasteiger charge is -2.25. The summed E-state index contributed by atoms with van der Waals surface area (Å²) in [6.45, 7) is -0.661. The van der Waals surface area contributed by atoms with Crippen LogP contribution in [0.5, 0.6) is 0 Å². The van der Waals surface area contributed by atoms with Gasteiger partial charge in [0.1, 0.15) is 24.4 Å². The average Bonchev–Trinajstić information content (AvgIpc) is 2.97. The number of carbonyl (C=O) groups is 5. The second kappa shape index (κ2) is 17.8. The number of nitrogens with two attached hydrogens (primary N) is 1. The molecule has 0 heterocycles. The van der Waals surface area contributed by atoms with Crippen molar-refractivity contribution in [3.05, 3.63) is 71.8 Å². The Hall–Kier alpha value is -3.74. The van der Waals surface area contributed by atoms with E-state index in [1.54, 1.807) is 30.3 Å². The molecule has 7 N–H and O–H groups in total. The van der Waals surface area contributed by atoms with Crippen molar-refractivity contribution in [2.45, 2.75) is 62.0 Å². The molecule has 0 aliphatic carbocycles. The average molecular weight is 588 g/mol. The SMILES string of the molecule is NC(CCC(=O)NC(CSC(CCC(=O)CCc1ccccc1)C(O)c1ccccc1)C(=O)NCC(=O)O)C(=O)O. The lowest BCUT2D eigenvalue weighted by Crippen LogP contribution is -2.49. The standard InChI is InChI=1S/C29H37N3O8S/c30-22(29(39)40)14-16-25(34)32-23(28(38)31-17-26(35)36)18-41-24(27(37)20-9-5-2-6-10-20)15-13-21(33)12-11-19-7-3-1-4-8-19/h1-10,22-24,27,37H,11-18,30H2,(H,31,38)(H,32,34)(H,35,36)(H,39,40). The van der Waals surface area contributed by atoms with Crippen LogP contribution in [0.15, 0.2) is 60.7 Å². The van der Waals surface area contributed by atoms with E-state index in [-0.39, 0.29) is 30.8 Å². The van der Waals surface area contributed by atoms with E-state index >= 15 is 0 Å². The molecule has 0 saturated carbocycles. The van der Waals surface area contributed by atoms with Gasteiger partial charge in [0.2, 0.25) is 11.8 Å². The highest BCUT2D eigenvalue weighted by atomic mass is 32.2. The second-order valence-electron chi connectivity index (χ2n) is 9.51. The lowest BCUT2D eigenvalue weighted by atomic mass is 10.00. The third-order valence-corrected chi connectivity index (χ3v) is 7.73. The Bertz CT molecular complexity index is 1150. The molecule has 0 aliphatic heterocycles. The van der Waals surface area contributed by atoms with Crippen LogP contribution in [0.2, 0.25) is 0 Å². The first-order valence-corrected chi connectivity index (χ1v) is 14.3. The fourth-order valence-corrected chi connectivity index (χ4v) is 5.22. The normalized spacial score (nSPS) is 13.8. The van der Waals surface area contributed by atoms with Gasteiger partial charge >= 0.3 is 11.9 Å². The maximum Gasteiger partial charge on any atom is 0.322 e. The van der Waals surface area contributed by atoms with Crippen molar-refractivity contribution in [3.63, 3.8) is 0 Å². The molecule has 4 atom stereocenters. The summed E-state index contributed by atoms with van der Waals surface area (Å²) in [5.41, 5.74) is 7.12. The maximum atomic E-state index is 12.7. The van der Waals surface area contributed by atoms with Gasteiger partial charge in [-0.1, -0.05) is 60.7 Å². The number of ketones is 1. The fourth-order valence-electron chi connectivity index (χ4n) is 3.92. The second-order valence-corrected chi connectivity index (χ2v) is 10.8. The smallest absolute Gasteiger partial charge is 0.322 e. The summed E-state index contributed by atoms with van der Waals surface area (Å²) >= 11 is 1.18. The maximum absolute atomic E-state index is 12.7. The molecule has 11 nitrogen and oxygen atoms in total. The molecule has 0 bridgehead atoms. The van der Waals surface area contributed by atoms with E-state index in [9.17, 15) is 29.1 Å². The van der Waals surface area contributed by atoms with E-state index in [2.05, 4.69) is 10.6 Å². The Kier molecular flexibility index (Phi) is 14.6. The summed E-state index contributed by atoms with van der Waals surface area (Å²) < 4.78 is 0. The zero-order valence-corrected chi connectivity index (χ0v) is 23.4. The molecule has 0 radical (unpaired) electrons. The first kappa shape index (κ1) is 33.5. The molecule has 4 unspecified atom stereocenters. The minimum Gasteiger partial charge on any atom is -0.480 e. The molecule has 41 heavy (non-hydrogen) atoms. The molecule has 0 fully saturated rings. The van der Waals surface area contributed by atoms with E-state index in [1.807, 2.05) is 30.3 Å². The van der Waals surface area contributed by atoms with Crippen molar-refractivity contribution in [2.24, 2.45) is 5.73 Å².